The second-order valence-electron chi connectivity index (χ2n) is 5.12. The Morgan fingerprint density at radius 1 is 1.38 bits per heavy atom. The van der Waals surface area contributed by atoms with Crippen LogP contribution in [-0.2, 0) is 11.8 Å². The average molecular weight is 210 g/mol. The van der Waals surface area contributed by atoms with Crippen LogP contribution in [0.5, 0.6) is 0 Å². The van der Waals surface area contributed by atoms with Crippen molar-refractivity contribution in [1.82, 2.24) is 9.97 Å². The van der Waals surface area contributed by atoms with Crippen molar-refractivity contribution in [3.63, 3.8) is 0 Å². The van der Waals surface area contributed by atoms with Crippen LogP contribution >= 0.6 is 0 Å². The van der Waals surface area contributed by atoms with E-state index in [1.54, 1.807) is 5.56 Å². The summed E-state index contributed by atoms with van der Waals surface area (Å²) in [5.41, 5.74) is 3.35. The standard InChI is InChI=1S/C14H14N2/c1-9-12-11-5-3-2-4-10(11)8-14(9,12)13-15-6-7-16-13/h2-7,9,12H,8H2,1H3,(H,15,16). The zero-order valence-electron chi connectivity index (χ0n) is 9.27. The zero-order valence-corrected chi connectivity index (χ0v) is 9.27. The Balaban J connectivity index is 1.87. The molecule has 2 aliphatic carbocycles. The van der Waals surface area contributed by atoms with Crippen LogP contribution in [0.15, 0.2) is 36.7 Å². The van der Waals surface area contributed by atoms with Crippen LogP contribution in [0.1, 0.15) is 29.8 Å². The number of hydrogen-bond acceptors (Lipinski definition) is 1. The quantitative estimate of drug-likeness (QED) is 0.770. The molecule has 3 atom stereocenters. The van der Waals surface area contributed by atoms with E-state index in [4.69, 9.17) is 0 Å². The van der Waals surface area contributed by atoms with Gasteiger partial charge in [-0.2, -0.15) is 0 Å². The summed E-state index contributed by atoms with van der Waals surface area (Å²) >= 11 is 0. The Hall–Kier alpha value is -1.57. The SMILES string of the molecule is CC1C2c3ccccc3CC12c1ncc[nH]1. The smallest absolute Gasteiger partial charge is 0.113 e. The van der Waals surface area contributed by atoms with E-state index in [0.717, 1.165) is 12.3 Å². The third kappa shape index (κ3) is 0.787. The summed E-state index contributed by atoms with van der Waals surface area (Å²) < 4.78 is 0. The number of fused-ring (bicyclic) bond motifs is 3. The maximum atomic E-state index is 4.49. The van der Waals surface area contributed by atoms with Crippen LogP contribution in [0.4, 0.5) is 0 Å². The monoisotopic (exact) mass is 210 g/mol. The van der Waals surface area contributed by atoms with Gasteiger partial charge in [0.15, 0.2) is 0 Å². The molecule has 16 heavy (non-hydrogen) atoms. The highest BCUT2D eigenvalue weighted by Gasteiger charge is 2.68. The molecule has 1 saturated carbocycles. The summed E-state index contributed by atoms with van der Waals surface area (Å²) in [5, 5.41) is 0. The molecule has 0 spiro atoms. The molecule has 80 valence electrons. The Morgan fingerprint density at radius 2 is 2.25 bits per heavy atom. The molecular weight excluding hydrogens is 196 g/mol. The van der Waals surface area contributed by atoms with E-state index in [-0.39, 0.29) is 5.41 Å². The van der Waals surface area contributed by atoms with Gasteiger partial charge in [-0.05, 0) is 23.5 Å². The molecule has 2 aromatic rings. The number of aromatic nitrogens is 2. The van der Waals surface area contributed by atoms with Crippen LogP contribution in [0.3, 0.4) is 0 Å². The highest BCUT2D eigenvalue weighted by molar-refractivity contribution is 5.52. The molecule has 2 nitrogen and oxygen atoms in total. The number of benzene rings is 1. The minimum atomic E-state index is 0.285. The van der Waals surface area contributed by atoms with Crippen LogP contribution in [0, 0.1) is 5.92 Å². The third-order valence-corrected chi connectivity index (χ3v) is 4.57. The Bertz CT molecular complexity index is 544. The van der Waals surface area contributed by atoms with E-state index in [1.807, 2.05) is 12.4 Å². The van der Waals surface area contributed by atoms with Crippen molar-refractivity contribution in [3.8, 4) is 0 Å². The summed E-state index contributed by atoms with van der Waals surface area (Å²) in [6, 6.07) is 8.85. The molecule has 0 saturated heterocycles. The lowest BCUT2D eigenvalue weighted by Gasteiger charge is -2.10. The van der Waals surface area contributed by atoms with Crippen molar-refractivity contribution < 1.29 is 0 Å². The lowest BCUT2D eigenvalue weighted by Crippen LogP contribution is -2.13. The first-order chi connectivity index (χ1) is 7.84. The van der Waals surface area contributed by atoms with Gasteiger partial charge in [-0.25, -0.2) is 4.98 Å². The maximum absolute atomic E-state index is 4.49. The van der Waals surface area contributed by atoms with E-state index in [9.17, 15) is 0 Å². The molecule has 0 aliphatic heterocycles. The van der Waals surface area contributed by atoms with E-state index in [1.165, 1.54) is 11.4 Å². The fourth-order valence-electron chi connectivity index (χ4n) is 3.73. The topological polar surface area (TPSA) is 28.7 Å². The van der Waals surface area contributed by atoms with Gasteiger partial charge in [0.25, 0.3) is 0 Å². The lowest BCUT2D eigenvalue weighted by atomic mass is 9.96. The normalized spacial score (nSPS) is 34.6. The molecule has 1 N–H and O–H groups in total. The minimum Gasteiger partial charge on any atom is -0.348 e. The van der Waals surface area contributed by atoms with Crippen molar-refractivity contribution >= 4 is 0 Å². The number of aromatic amines is 1. The van der Waals surface area contributed by atoms with Gasteiger partial charge in [-0.15, -0.1) is 0 Å². The molecule has 4 rings (SSSR count). The fraction of sp³-hybridized carbons (Fsp3) is 0.357. The van der Waals surface area contributed by atoms with Crippen LogP contribution in [-0.4, -0.2) is 9.97 Å². The van der Waals surface area contributed by atoms with Crippen molar-refractivity contribution in [2.45, 2.75) is 24.7 Å². The number of nitrogens with zero attached hydrogens (tertiary/aromatic N) is 1. The number of nitrogens with one attached hydrogen (secondary N) is 1. The van der Waals surface area contributed by atoms with Gasteiger partial charge in [0.1, 0.15) is 5.82 Å². The molecule has 2 heteroatoms. The van der Waals surface area contributed by atoms with Gasteiger partial charge in [0.05, 0.1) is 0 Å². The molecule has 3 unspecified atom stereocenters. The summed E-state index contributed by atoms with van der Waals surface area (Å²) in [5.74, 6) is 2.60. The Kier molecular flexibility index (Phi) is 1.37. The molecular formula is C14H14N2. The van der Waals surface area contributed by atoms with Gasteiger partial charge in [-0.3, -0.25) is 0 Å². The minimum absolute atomic E-state index is 0.285. The molecule has 0 bridgehead atoms. The van der Waals surface area contributed by atoms with Gasteiger partial charge in [0, 0.05) is 23.7 Å². The predicted molar refractivity (Wildman–Crippen MR) is 62.3 cm³/mol. The predicted octanol–water partition coefficient (Wildman–Crippen LogP) is 2.64. The van der Waals surface area contributed by atoms with Crippen LogP contribution < -0.4 is 0 Å². The van der Waals surface area contributed by atoms with Crippen LogP contribution in [0.2, 0.25) is 0 Å². The highest BCUT2D eigenvalue weighted by Crippen LogP contribution is 2.70. The van der Waals surface area contributed by atoms with Gasteiger partial charge in [-0.1, -0.05) is 31.2 Å². The zero-order chi connectivity index (χ0) is 10.8. The molecule has 0 amide bonds. The van der Waals surface area contributed by atoms with Gasteiger partial charge < -0.3 is 4.98 Å². The van der Waals surface area contributed by atoms with E-state index < -0.39 is 0 Å². The number of H-pyrrole nitrogens is 1. The molecule has 1 aromatic carbocycles. The molecule has 1 aromatic heterocycles. The van der Waals surface area contributed by atoms with Crippen molar-refractivity contribution in [2.75, 3.05) is 0 Å². The molecule has 0 radical (unpaired) electrons. The van der Waals surface area contributed by atoms with Gasteiger partial charge in [0.2, 0.25) is 0 Å². The lowest BCUT2D eigenvalue weighted by molar-refractivity contribution is 0.599. The summed E-state index contributed by atoms with van der Waals surface area (Å²) in [6.45, 7) is 2.35. The summed E-state index contributed by atoms with van der Waals surface area (Å²) in [6.07, 6.45) is 4.97. The number of rotatable bonds is 1. The average Bonchev–Trinajstić information content (AvgIpc) is 2.80. The maximum Gasteiger partial charge on any atom is 0.113 e. The van der Waals surface area contributed by atoms with Crippen molar-refractivity contribution in [1.29, 1.82) is 0 Å². The Labute approximate surface area is 94.7 Å². The fourth-order valence-corrected chi connectivity index (χ4v) is 3.73. The third-order valence-electron chi connectivity index (χ3n) is 4.57. The molecule has 1 heterocycles. The van der Waals surface area contributed by atoms with E-state index in [2.05, 4.69) is 41.2 Å². The summed E-state index contributed by atoms with van der Waals surface area (Å²) in [4.78, 5) is 7.80. The van der Waals surface area contributed by atoms with Crippen molar-refractivity contribution in [2.24, 2.45) is 5.92 Å². The highest BCUT2D eigenvalue weighted by atomic mass is 15.0. The van der Waals surface area contributed by atoms with E-state index in [0.29, 0.717) is 5.92 Å². The number of hydrogen-bond donors (Lipinski definition) is 1. The van der Waals surface area contributed by atoms with Crippen molar-refractivity contribution in [3.05, 3.63) is 53.6 Å². The first-order valence-electron chi connectivity index (χ1n) is 5.91. The van der Waals surface area contributed by atoms with E-state index >= 15 is 0 Å². The summed E-state index contributed by atoms with van der Waals surface area (Å²) in [7, 11) is 0. The second kappa shape index (κ2) is 2.57. The largest absolute Gasteiger partial charge is 0.348 e. The van der Waals surface area contributed by atoms with Gasteiger partial charge >= 0.3 is 0 Å². The van der Waals surface area contributed by atoms with Crippen LogP contribution in [0.25, 0.3) is 0 Å². The second-order valence-corrected chi connectivity index (χ2v) is 5.12. The molecule has 1 fully saturated rings. The molecule has 2 aliphatic rings. The first-order valence-corrected chi connectivity index (χ1v) is 5.91. The Morgan fingerprint density at radius 3 is 3.06 bits per heavy atom. The number of imidazole rings is 1. The first kappa shape index (κ1) is 8.57.